The summed E-state index contributed by atoms with van der Waals surface area (Å²) < 4.78 is 13.3. The molecule has 1 unspecified atom stereocenters. The summed E-state index contributed by atoms with van der Waals surface area (Å²) in [5.41, 5.74) is 2.63. The molecule has 0 aromatic heterocycles. The number of amides is 3. The van der Waals surface area contributed by atoms with E-state index in [1.54, 1.807) is 12.1 Å². The van der Waals surface area contributed by atoms with Crippen molar-refractivity contribution in [2.24, 2.45) is 0 Å². The molecule has 0 N–H and O–H groups in total. The molecule has 1 aliphatic heterocycles. The molecule has 3 aromatic carbocycles. The summed E-state index contributed by atoms with van der Waals surface area (Å²) in [7, 11) is 0. The molecular formula is C26H23FN2O3. The lowest BCUT2D eigenvalue weighted by Gasteiger charge is -2.28. The molecule has 1 heterocycles. The van der Waals surface area contributed by atoms with Crippen LogP contribution in [0.3, 0.4) is 0 Å². The summed E-state index contributed by atoms with van der Waals surface area (Å²) in [5.74, 6) is -1.62. The molecule has 3 aromatic rings. The summed E-state index contributed by atoms with van der Waals surface area (Å²) in [6.45, 7) is 2.13. The number of nitrogens with zero attached hydrogens (tertiary/aromatic N) is 2. The van der Waals surface area contributed by atoms with Crippen LogP contribution >= 0.6 is 0 Å². The van der Waals surface area contributed by atoms with E-state index in [0.29, 0.717) is 17.7 Å². The number of rotatable bonds is 6. The number of imide groups is 1. The molecule has 0 saturated carbocycles. The van der Waals surface area contributed by atoms with Crippen molar-refractivity contribution in [3.8, 4) is 0 Å². The van der Waals surface area contributed by atoms with Crippen molar-refractivity contribution in [2.45, 2.75) is 25.8 Å². The number of halogens is 1. The van der Waals surface area contributed by atoms with Gasteiger partial charge < -0.3 is 4.90 Å². The quantitative estimate of drug-likeness (QED) is 0.552. The molecule has 1 fully saturated rings. The summed E-state index contributed by atoms with van der Waals surface area (Å²) >= 11 is 0. The molecule has 1 atom stereocenters. The van der Waals surface area contributed by atoms with E-state index < -0.39 is 23.7 Å². The second kappa shape index (κ2) is 9.14. The average molecular weight is 430 g/mol. The SMILES string of the molecule is Cc1ccccc1C(=O)N(CCc1ccccc1)C1CC(=O)N(c2ccc(F)cc2)C1=O. The molecule has 3 amide bonds. The fraction of sp³-hybridized carbons (Fsp3) is 0.192. The van der Waals surface area contributed by atoms with Gasteiger partial charge in [0.15, 0.2) is 0 Å². The number of hydrogen-bond donors (Lipinski definition) is 0. The normalized spacial score (nSPS) is 15.8. The van der Waals surface area contributed by atoms with E-state index in [-0.39, 0.29) is 18.9 Å². The van der Waals surface area contributed by atoms with Crippen molar-refractivity contribution in [3.05, 3.63) is 101 Å². The zero-order valence-electron chi connectivity index (χ0n) is 17.7. The highest BCUT2D eigenvalue weighted by molar-refractivity contribution is 6.23. The average Bonchev–Trinajstić information content (AvgIpc) is 3.09. The van der Waals surface area contributed by atoms with Crippen LogP contribution in [0.15, 0.2) is 78.9 Å². The van der Waals surface area contributed by atoms with Crippen LogP contribution in [0.2, 0.25) is 0 Å². The Kier molecular flexibility index (Phi) is 6.12. The molecule has 0 radical (unpaired) electrons. The molecule has 4 rings (SSSR count). The Bertz CT molecular complexity index is 1150. The molecule has 32 heavy (non-hydrogen) atoms. The van der Waals surface area contributed by atoms with E-state index in [0.717, 1.165) is 16.0 Å². The number of benzene rings is 3. The fourth-order valence-corrected chi connectivity index (χ4v) is 3.98. The van der Waals surface area contributed by atoms with Crippen molar-refractivity contribution in [1.82, 2.24) is 4.90 Å². The maximum atomic E-state index is 13.5. The first kappa shape index (κ1) is 21.4. The highest BCUT2D eigenvalue weighted by atomic mass is 19.1. The standard InChI is InChI=1S/C26H23FN2O3/c1-18-7-5-6-10-22(18)25(31)28(16-15-19-8-3-2-4-9-19)23-17-24(30)29(26(23)32)21-13-11-20(27)12-14-21/h2-14,23H,15-17H2,1H3. The first-order valence-corrected chi connectivity index (χ1v) is 10.5. The van der Waals surface area contributed by atoms with E-state index in [1.807, 2.05) is 49.4 Å². The lowest BCUT2D eigenvalue weighted by atomic mass is 10.0. The van der Waals surface area contributed by atoms with E-state index in [4.69, 9.17) is 0 Å². The predicted octanol–water partition coefficient (Wildman–Crippen LogP) is 4.15. The molecule has 0 aliphatic carbocycles. The second-order valence-electron chi connectivity index (χ2n) is 7.81. The maximum Gasteiger partial charge on any atom is 0.257 e. The number of anilines is 1. The van der Waals surface area contributed by atoms with Gasteiger partial charge in [-0.1, -0.05) is 48.5 Å². The van der Waals surface area contributed by atoms with Gasteiger partial charge in [-0.15, -0.1) is 0 Å². The van der Waals surface area contributed by atoms with Crippen LogP contribution in [0.4, 0.5) is 10.1 Å². The Morgan fingerprint density at radius 2 is 1.62 bits per heavy atom. The van der Waals surface area contributed by atoms with Crippen molar-refractivity contribution < 1.29 is 18.8 Å². The van der Waals surface area contributed by atoms with Crippen LogP contribution in [-0.4, -0.2) is 35.2 Å². The largest absolute Gasteiger partial charge is 0.326 e. The zero-order valence-corrected chi connectivity index (χ0v) is 17.7. The third-order valence-corrected chi connectivity index (χ3v) is 5.70. The topological polar surface area (TPSA) is 57.7 Å². The summed E-state index contributed by atoms with van der Waals surface area (Å²) in [5, 5.41) is 0. The van der Waals surface area contributed by atoms with Gasteiger partial charge >= 0.3 is 0 Å². The Labute approximate surface area is 186 Å². The van der Waals surface area contributed by atoms with Crippen molar-refractivity contribution in [2.75, 3.05) is 11.4 Å². The van der Waals surface area contributed by atoms with Crippen molar-refractivity contribution in [1.29, 1.82) is 0 Å². The molecule has 0 spiro atoms. The second-order valence-corrected chi connectivity index (χ2v) is 7.81. The number of hydrogen-bond acceptors (Lipinski definition) is 3. The van der Waals surface area contributed by atoms with Gasteiger partial charge in [-0.25, -0.2) is 9.29 Å². The van der Waals surface area contributed by atoms with Gasteiger partial charge in [0, 0.05) is 12.1 Å². The Balaban J connectivity index is 1.65. The first-order chi connectivity index (χ1) is 15.5. The van der Waals surface area contributed by atoms with E-state index >= 15 is 0 Å². The summed E-state index contributed by atoms with van der Waals surface area (Å²) in [6.07, 6.45) is 0.440. The Morgan fingerprint density at radius 1 is 0.969 bits per heavy atom. The highest BCUT2D eigenvalue weighted by Crippen LogP contribution is 2.27. The fourth-order valence-electron chi connectivity index (χ4n) is 3.98. The minimum atomic E-state index is -0.914. The maximum absolute atomic E-state index is 13.5. The number of carbonyl (C=O) groups excluding carboxylic acids is 3. The van der Waals surface area contributed by atoms with Crippen LogP contribution in [0.1, 0.15) is 27.9 Å². The van der Waals surface area contributed by atoms with Crippen molar-refractivity contribution in [3.63, 3.8) is 0 Å². The Morgan fingerprint density at radius 3 is 2.31 bits per heavy atom. The van der Waals surface area contributed by atoms with Crippen molar-refractivity contribution >= 4 is 23.4 Å². The minimum absolute atomic E-state index is 0.109. The Hall–Kier alpha value is -3.80. The molecular weight excluding hydrogens is 407 g/mol. The van der Waals surface area contributed by atoms with Crippen LogP contribution in [0.5, 0.6) is 0 Å². The van der Waals surface area contributed by atoms with Gasteiger partial charge in [0.25, 0.3) is 11.8 Å². The van der Waals surface area contributed by atoms with Crippen LogP contribution < -0.4 is 4.90 Å². The first-order valence-electron chi connectivity index (χ1n) is 10.5. The van der Waals surface area contributed by atoms with Crippen LogP contribution in [0.25, 0.3) is 0 Å². The molecule has 1 aliphatic rings. The smallest absolute Gasteiger partial charge is 0.257 e. The van der Waals surface area contributed by atoms with Gasteiger partial charge in [0.05, 0.1) is 12.1 Å². The minimum Gasteiger partial charge on any atom is -0.326 e. The van der Waals surface area contributed by atoms with Gasteiger partial charge in [0.2, 0.25) is 5.91 Å². The van der Waals surface area contributed by atoms with Crippen LogP contribution in [-0.2, 0) is 16.0 Å². The zero-order chi connectivity index (χ0) is 22.7. The monoisotopic (exact) mass is 430 g/mol. The third kappa shape index (κ3) is 4.30. The lowest BCUT2D eigenvalue weighted by molar-refractivity contribution is -0.122. The van der Waals surface area contributed by atoms with Gasteiger partial charge in [0.1, 0.15) is 11.9 Å². The van der Waals surface area contributed by atoms with Crippen LogP contribution in [0, 0.1) is 12.7 Å². The molecule has 6 heteroatoms. The summed E-state index contributed by atoms with van der Waals surface area (Å²) in [6, 6.07) is 21.2. The predicted molar refractivity (Wildman–Crippen MR) is 120 cm³/mol. The number of carbonyl (C=O) groups is 3. The van der Waals surface area contributed by atoms with Gasteiger partial charge in [-0.05, 0) is 54.8 Å². The van der Waals surface area contributed by atoms with Gasteiger partial charge in [-0.3, -0.25) is 14.4 Å². The third-order valence-electron chi connectivity index (χ3n) is 5.70. The van der Waals surface area contributed by atoms with E-state index in [1.165, 1.54) is 29.2 Å². The van der Waals surface area contributed by atoms with E-state index in [2.05, 4.69) is 0 Å². The number of aryl methyl sites for hydroxylation is 1. The highest BCUT2D eigenvalue weighted by Gasteiger charge is 2.44. The van der Waals surface area contributed by atoms with Gasteiger partial charge in [-0.2, -0.15) is 0 Å². The lowest BCUT2D eigenvalue weighted by Crippen LogP contribution is -2.46. The molecule has 162 valence electrons. The molecule has 0 bridgehead atoms. The van der Waals surface area contributed by atoms with E-state index in [9.17, 15) is 18.8 Å². The molecule has 5 nitrogen and oxygen atoms in total. The summed E-state index contributed by atoms with van der Waals surface area (Å²) in [4.78, 5) is 42.1. The molecule has 1 saturated heterocycles.